The molecule has 1 aliphatic carbocycles. The Kier molecular flexibility index (Phi) is 2.79. The largest absolute Gasteiger partial charge is 0.329 e. The van der Waals surface area contributed by atoms with Crippen molar-refractivity contribution in [2.75, 3.05) is 13.6 Å². The predicted molar refractivity (Wildman–Crippen MR) is 56.8 cm³/mol. The monoisotopic (exact) mass is 191 g/mol. The van der Waals surface area contributed by atoms with E-state index in [2.05, 4.69) is 23.0 Å². The van der Waals surface area contributed by atoms with Gasteiger partial charge in [-0.2, -0.15) is 0 Å². The van der Waals surface area contributed by atoms with E-state index in [0.29, 0.717) is 12.6 Å². The van der Waals surface area contributed by atoms with Crippen LogP contribution < -0.4 is 5.73 Å². The highest BCUT2D eigenvalue weighted by Gasteiger charge is 2.31. The number of nitrogens with zero attached hydrogens (tertiary/aromatic N) is 2. The molecule has 0 aromatic carbocycles. The van der Waals surface area contributed by atoms with Crippen LogP contribution in [0.5, 0.6) is 0 Å². The molecule has 1 atom stereocenters. The zero-order valence-corrected chi connectivity index (χ0v) is 8.56. The van der Waals surface area contributed by atoms with Gasteiger partial charge in [-0.25, -0.2) is 0 Å². The second-order valence-electron chi connectivity index (χ2n) is 3.93. The number of hydrogen-bond donors (Lipinski definition) is 1. The molecular formula is C11H17N3. The summed E-state index contributed by atoms with van der Waals surface area (Å²) >= 11 is 0. The molecule has 0 amide bonds. The van der Waals surface area contributed by atoms with Crippen LogP contribution in [0.4, 0.5) is 0 Å². The first-order valence-electron chi connectivity index (χ1n) is 5.15. The smallest absolute Gasteiger partial charge is 0.0485 e. The second-order valence-corrected chi connectivity index (χ2v) is 3.93. The van der Waals surface area contributed by atoms with Gasteiger partial charge < -0.3 is 5.73 Å². The first kappa shape index (κ1) is 9.62. The second kappa shape index (κ2) is 4.07. The van der Waals surface area contributed by atoms with Gasteiger partial charge in [0, 0.05) is 31.0 Å². The van der Waals surface area contributed by atoms with Crippen molar-refractivity contribution in [1.29, 1.82) is 0 Å². The fraction of sp³-hybridized carbons (Fsp3) is 0.545. The van der Waals surface area contributed by atoms with Gasteiger partial charge in [0.2, 0.25) is 0 Å². The highest BCUT2D eigenvalue weighted by molar-refractivity contribution is 5.15. The summed E-state index contributed by atoms with van der Waals surface area (Å²) in [4.78, 5) is 6.51. The third-order valence-corrected chi connectivity index (χ3v) is 2.91. The van der Waals surface area contributed by atoms with Gasteiger partial charge in [-0.15, -0.1) is 0 Å². The minimum absolute atomic E-state index is 0.330. The van der Waals surface area contributed by atoms with Crippen LogP contribution in [-0.4, -0.2) is 29.5 Å². The van der Waals surface area contributed by atoms with Gasteiger partial charge >= 0.3 is 0 Å². The molecule has 0 aliphatic heterocycles. The van der Waals surface area contributed by atoms with Crippen LogP contribution in [0.2, 0.25) is 0 Å². The zero-order chi connectivity index (χ0) is 9.97. The van der Waals surface area contributed by atoms with Gasteiger partial charge in [-0.1, -0.05) is 6.07 Å². The average Bonchev–Trinajstić information content (AvgIpc) is 3.03. The van der Waals surface area contributed by atoms with Crippen LogP contribution in [0.3, 0.4) is 0 Å². The summed E-state index contributed by atoms with van der Waals surface area (Å²) in [6.45, 7) is 0.665. The Morgan fingerprint density at radius 3 is 2.93 bits per heavy atom. The summed E-state index contributed by atoms with van der Waals surface area (Å²) in [6.07, 6.45) is 6.34. The van der Waals surface area contributed by atoms with Crippen LogP contribution in [-0.2, 0) is 0 Å². The Bertz CT molecular complexity index is 282. The number of hydrogen-bond acceptors (Lipinski definition) is 3. The number of rotatable bonds is 4. The van der Waals surface area contributed by atoms with E-state index in [1.807, 2.05) is 12.3 Å². The molecule has 76 valence electrons. The standard InChI is InChI=1S/C11H17N3/c1-14(10-4-5-10)11(7-12)9-3-2-6-13-8-9/h2-3,6,8,10-11H,4-5,7,12H2,1H3. The van der Waals surface area contributed by atoms with Crippen molar-refractivity contribution < 1.29 is 0 Å². The molecule has 1 unspecified atom stereocenters. The van der Waals surface area contributed by atoms with Gasteiger partial charge in [0.15, 0.2) is 0 Å². The van der Waals surface area contributed by atoms with E-state index in [4.69, 9.17) is 5.73 Å². The van der Waals surface area contributed by atoms with E-state index in [9.17, 15) is 0 Å². The highest BCUT2D eigenvalue weighted by atomic mass is 15.2. The quantitative estimate of drug-likeness (QED) is 0.777. The van der Waals surface area contributed by atoms with Gasteiger partial charge in [-0.05, 0) is 31.5 Å². The van der Waals surface area contributed by atoms with Gasteiger partial charge in [0.05, 0.1) is 0 Å². The lowest BCUT2D eigenvalue weighted by Gasteiger charge is -2.26. The molecule has 1 heterocycles. The third kappa shape index (κ3) is 1.94. The van der Waals surface area contributed by atoms with Crippen LogP contribution >= 0.6 is 0 Å². The SMILES string of the molecule is CN(C1CC1)C(CN)c1cccnc1. The maximum Gasteiger partial charge on any atom is 0.0485 e. The van der Waals surface area contributed by atoms with Gasteiger partial charge in [-0.3, -0.25) is 9.88 Å². The van der Waals surface area contributed by atoms with Gasteiger partial charge in [0.25, 0.3) is 0 Å². The summed E-state index contributed by atoms with van der Waals surface area (Å²) in [5.41, 5.74) is 7.03. The maximum atomic E-state index is 5.80. The topological polar surface area (TPSA) is 42.1 Å². The predicted octanol–water partition coefficient (Wildman–Crippen LogP) is 1.18. The number of nitrogens with two attached hydrogens (primary N) is 1. The molecule has 1 saturated carbocycles. The molecule has 1 aromatic rings. The number of pyridine rings is 1. The Labute approximate surface area is 84.9 Å². The Balaban J connectivity index is 2.12. The fourth-order valence-corrected chi connectivity index (χ4v) is 1.85. The third-order valence-electron chi connectivity index (χ3n) is 2.91. The van der Waals surface area contributed by atoms with E-state index in [1.165, 1.54) is 18.4 Å². The first-order chi connectivity index (χ1) is 6.83. The lowest BCUT2D eigenvalue weighted by molar-refractivity contribution is 0.239. The van der Waals surface area contributed by atoms with Gasteiger partial charge in [0.1, 0.15) is 0 Å². The van der Waals surface area contributed by atoms with Crippen LogP contribution in [0, 0.1) is 0 Å². The van der Waals surface area contributed by atoms with Crippen molar-refractivity contribution in [2.24, 2.45) is 5.73 Å². The summed E-state index contributed by atoms with van der Waals surface area (Å²) in [6, 6.07) is 5.14. The fourth-order valence-electron chi connectivity index (χ4n) is 1.85. The molecule has 0 saturated heterocycles. The minimum Gasteiger partial charge on any atom is -0.329 e. The van der Waals surface area contributed by atoms with Crippen molar-refractivity contribution in [2.45, 2.75) is 24.9 Å². The molecule has 3 heteroatoms. The minimum atomic E-state index is 0.330. The van der Waals surface area contributed by atoms with Crippen LogP contribution in [0.1, 0.15) is 24.4 Å². The summed E-state index contributed by atoms with van der Waals surface area (Å²) in [7, 11) is 2.15. The number of aromatic nitrogens is 1. The van der Waals surface area contributed by atoms with E-state index in [0.717, 1.165) is 6.04 Å². The summed E-state index contributed by atoms with van der Waals surface area (Å²) in [5.74, 6) is 0. The molecule has 3 nitrogen and oxygen atoms in total. The van der Waals surface area contributed by atoms with E-state index >= 15 is 0 Å². The molecule has 2 rings (SSSR count). The molecule has 14 heavy (non-hydrogen) atoms. The molecule has 0 radical (unpaired) electrons. The summed E-state index contributed by atoms with van der Waals surface area (Å²) < 4.78 is 0. The van der Waals surface area contributed by atoms with Crippen molar-refractivity contribution in [3.8, 4) is 0 Å². The normalized spacial score (nSPS) is 18.5. The average molecular weight is 191 g/mol. The molecule has 1 aromatic heterocycles. The first-order valence-corrected chi connectivity index (χ1v) is 5.15. The molecule has 0 spiro atoms. The Morgan fingerprint density at radius 1 is 1.64 bits per heavy atom. The molecule has 1 aliphatic rings. The molecule has 1 fully saturated rings. The molecule has 2 N–H and O–H groups in total. The van der Waals surface area contributed by atoms with E-state index in [-0.39, 0.29) is 0 Å². The molecule has 0 bridgehead atoms. The molecular weight excluding hydrogens is 174 g/mol. The van der Waals surface area contributed by atoms with E-state index in [1.54, 1.807) is 6.20 Å². The van der Waals surface area contributed by atoms with Crippen LogP contribution in [0.15, 0.2) is 24.5 Å². The summed E-state index contributed by atoms with van der Waals surface area (Å²) in [5, 5.41) is 0. The van der Waals surface area contributed by atoms with E-state index < -0.39 is 0 Å². The van der Waals surface area contributed by atoms with Crippen LogP contribution in [0.25, 0.3) is 0 Å². The Hall–Kier alpha value is -0.930. The lowest BCUT2D eigenvalue weighted by Crippen LogP contribution is -2.32. The maximum absolute atomic E-state index is 5.80. The number of likely N-dealkylation sites (N-methyl/N-ethyl adjacent to an activating group) is 1. The zero-order valence-electron chi connectivity index (χ0n) is 8.56. The van der Waals surface area contributed by atoms with Crippen molar-refractivity contribution in [1.82, 2.24) is 9.88 Å². The van der Waals surface area contributed by atoms with Crippen molar-refractivity contribution in [3.63, 3.8) is 0 Å². The van der Waals surface area contributed by atoms with Crippen molar-refractivity contribution in [3.05, 3.63) is 30.1 Å². The van der Waals surface area contributed by atoms with Crippen molar-refractivity contribution >= 4 is 0 Å². The lowest BCUT2D eigenvalue weighted by atomic mass is 10.1. The highest BCUT2D eigenvalue weighted by Crippen LogP contribution is 2.31. The Morgan fingerprint density at radius 2 is 2.43 bits per heavy atom.